The summed E-state index contributed by atoms with van der Waals surface area (Å²) in [5, 5.41) is 0. The maximum atomic E-state index is 12.2. The smallest absolute Gasteiger partial charge is 0.176 e. The minimum absolute atomic E-state index is 0.252. The molecule has 1 saturated heterocycles. The Labute approximate surface area is 127 Å². The fraction of sp³-hybridized carbons (Fsp3) is 0.611. The third-order valence-electron chi connectivity index (χ3n) is 4.96. The van der Waals surface area contributed by atoms with Crippen LogP contribution in [0.25, 0.3) is 0 Å². The van der Waals surface area contributed by atoms with Gasteiger partial charge in [0.25, 0.3) is 0 Å². The molecular weight excluding hydrogens is 260 g/mol. The van der Waals surface area contributed by atoms with E-state index in [4.69, 9.17) is 0 Å². The van der Waals surface area contributed by atoms with E-state index in [1.807, 2.05) is 30.3 Å². The van der Waals surface area contributed by atoms with Crippen molar-refractivity contribution < 1.29 is 4.79 Å². The average molecular weight is 286 g/mol. The molecule has 1 aromatic rings. The summed E-state index contributed by atoms with van der Waals surface area (Å²) in [5.41, 5.74) is 0.840. The Hall–Kier alpha value is -1.19. The predicted octanol–water partition coefficient (Wildman–Crippen LogP) is 2.82. The van der Waals surface area contributed by atoms with Gasteiger partial charge in [-0.25, -0.2) is 0 Å². The average Bonchev–Trinajstić information content (AvgIpc) is 2.57. The number of piperazine rings is 1. The largest absolute Gasteiger partial charge is 0.298 e. The van der Waals surface area contributed by atoms with Crippen LogP contribution in [-0.4, -0.2) is 54.3 Å². The molecule has 1 heterocycles. The zero-order valence-corrected chi connectivity index (χ0v) is 12.8. The van der Waals surface area contributed by atoms with Crippen molar-refractivity contribution in [3.63, 3.8) is 0 Å². The summed E-state index contributed by atoms with van der Waals surface area (Å²) in [5.74, 6) is 0.252. The molecule has 0 atom stereocenters. The van der Waals surface area contributed by atoms with Crippen molar-refractivity contribution in [2.45, 2.75) is 38.1 Å². The van der Waals surface area contributed by atoms with Crippen molar-refractivity contribution >= 4 is 5.78 Å². The van der Waals surface area contributed by atoms with Gasteiger partial charge < -0.3 is 0 Å². The summed E-state index contributed by atoms with van der Waals surface area (Å²) in [6.07, 6.45) is 6.97. The first-order valence-electron chi connectivity index (χ1n) is 8.37. The van der Waals surface area contributed by atoms with Gasteiger partial charge in [-0.1, -0.05) is 49.6 Å². The highest BCUT2D eigenvalue weighted by Gasteiger charge is 2.25. The van der Waals surface area contributed by atoms with Gasteiger partial charge in [0.05, 0.1) is 6.54 Å². The van der Waals surface area contributed by atoms with E-state index in [1.165, 1.54) is 32.1 Å². The number of carbonyl (C=O) groups excluding carboxylic acids is 1. The molecule has 0 amide bonds. The Morgan fingerprint density at radius 2 is 1.62 bits per heavy atom. The molecule has 0 radical (unpaired) electrons. The quantitative estimate of drug-likeness (QED) is 0.795. The minimum Gasteiger partial charge on any atom is -0.298 e. The van der Waals surface area contributed by atoms with Crippen LogP contribution in [0.2, 0.25) is 0 Å². The number of Topliss-reactive ketones (excluding diaryl/α,β-unsaturated/α-hetero) is 1. The Bertz CT molecular complexity index is 446. The van der Waals surface area contributed by atoms with E-state index in [0.717, 1.165) is 37.8 Å². The lowest BCUT2D eigenvalue weighted by molar-refractivity contribution is 0.0691. The molecule has 114 valence electrons. The molecule has 0 unspecified atom stereocenters. The number of hydrogen-bond donors (Lipinski definition) is 0. The van der Waals surface area contributed by atoms with Crippen LogP contribution in [0.3, 0.4) is 0 Å². The van der Waals surface area contributed by atoms with Crippen LogP contribution in [0.5, 0.6) is 0 Å². The highest BCUT2D eigenvalue weighted by Crippen LogP contribution is 2.23. The zero-order valence-electron chi connectivity index (χ0n) is 12.8. The predicted molar refractivity (Wildman–Crippen MR) is 85.7 cm³/mol. The van der Waals surface area contributed by atoms with Crippen molar-refractivity contribution in [2.24, 2.45) is 0 Å². The van der Waals surface area contributed by atoms with Crippen LogP contribution in [0.1, 0.15) is 42.5 Å². The summed E-state index contributed by atoms with van der Waals surface area (Å²) in [4.78, 5) is 17.2. The van der Waals surface area contributed by atoms with Crippen molar-refractivity contribution in [2.75, 3.05) is 32.7 Å². The number of hydrogen-bond acceptors (Lipinski definition) is 3. The Morgan fingerprint density at radius 3 is 2.29 bits per heavy atom. The van der Waals surface area contributed by atoms with Gasteiger partial charge in [-0.05, 0) is 12.8 Å². The second-order valence-electron chi connectivity index (χ2n) is 6.39. The molecule has 1 aromatic carbocycles. The van der Waals surface area contributed by atoms with Crippen LogP contribution >= 0.6 is 0 Å². The maximum absolute atomic E-state index is 12.2. The van der Waals surface area contributed by atoms with Crippen LogP contribution in [-0.2, 0) is 0 Å². The van der Waals surface area contributed by atoms with Crippen LogP contribution in [0, 0.1) is 0 Å². The molecule has 0 spiro atoms. The van der Waals surface area contributed by atoms with E-state index in [1.54, 1.807) is 0 Å². The normalized spacial score (nSPS) is 22.3. The lowest BCUT2D eigenvalue weighted by Gasteiger charge is -2.40. The third-order valence-corrected chi connectivity index (χ3v) is 4.96. The van der Waals surface area contributed by atoms with Gasteiger partial charge in [0.1, 0.15) is 0 Å². The van der Waals surface area contributed by atoms with E-state index in [2.05, 4.69) is 9.80 Å². The lowest BCUT2D eigenvalue weighted by atomic mass is 9.94. The first-order valence-corrected chi connectivity index (χ1v) is 8.37. The fourth-order valence-corrected chi connectivity index (χ4v) is 3.65. The molecule has 1 saturated carbocycles. The van der Waals surface area contributed by atoms with Crippen LogP contribution in [0.15, 0.2) is 30.3 Å². The molecule has 3 rings (SSSR count). The second-order valence-corrected chi connectivity index (χ2v) is 6.39. The maximum Gasteiger partial charge on any atom is 0.176 e. The number of nitrogens with zero attached hydrogens (tertiary/aromatic N) is 2. The number of ketones is 1. The van der Waals surface area contributed by atoms with E-state index < -0.39 is 0 Å². The van der Waals surface area contributed by atoms with Crippen LogP contribution in [0.4, 0.5) is 0 Å². The summed E-state index contributed by atoms with van der Waals surface area (Å²) in [7, 11) is 0. The van der Waals surface area contributed by atoms with Crippen molar-refractivity contribution in [1.82, 2.24) is 9.80 Å². The van der Waals surface area contributed by atoms with Crippen LogP contribution < -0.4 is 0 Å². The number of benzene rings is 1. The zero-order chi connectivity index (χ0) is 14.5. The van der Waals surface area contributed by atoms with E-state index in [-0.39, 0.29) is 5.78 Å². The standard InChI is InChI=1S/C18H26N2O/c21-18(16-7-3-1-4-8-16)15-19-11-13-20(14-12-19)17-9-5-2-6-10-17/h1,3-4,7-8,17H,2,5-6,9-15H2. The van der Waals surface area contributed by atoms with Gasteiger partial charge in [0.2, 0.25) is 0 Å². The monoisotopic (exact) mass is 286 g/mol. The summed E-state index contributed by atoms with van der Waals surface area (Å²) in [6.45, 7) is 4.91. The molecule has 3 heteroatoms. The van der Waals surface area contributed by atoms with Gasteiger partial charge in [-0.15, -0.1) is 0 Å². The molecule has 3 nitrogen and oxygen atoms in total. The van der Waals surface area contributed by atoms with Gasteiger partial charge in [-0.3, -0.25) is 14.6 Å². The number of rotatable bonds is 4. The topological polar surface area (TPSA) is 23.6 Å². The molecular formula is C18H26N2O. The van der Waals surface area contributed by atoms with Gasteiger partial charge in [0.15, 0.2) is 5.78 Å². The highest BCUT2D eigenvalue weighted by atomic mass is 16.1. The molecule has 2 fully saturated rings. The van der Waals surface area contributed by atoms with Crippen molar-refractivity contribution in [3.8, 4) is 0 Å². The molecule has 1 aliphatic heterocycles. The first-order chi connectivity index (χ1) is 10.3. The Morgan fingerprint density at radius 1 is 0.952 bits per heavy atom. The Kier molecular flexibility index (Phi) is 5.04. The molecule has 1 aliphatic carbocycles. The first kappa shape index (κ1) is 14.7. The molecule has 21 heavy (non-hydrogen) atoms. The molecule has 0 bridgehead atoms. The highest BCUT2D eigenvalue weighted by molar-refractivity contribution is 5.97. The minimum atomic E-state index is 0.252. The third kappa shape index (κ3) is 3.92. The molecule has 0 aromatic heterocycles. The second kappa shape index (κ2) is 7.19. The SMILES string of the molecule is O=C(CN1CCN(C2CCCCC2)CC1)c1ccccc1. The van der Waals surface area contributed by atoms with Gasteiger partial charge in [0, 0.05) is 37.8 Å². The van der Waals surface area contributed by atoms with E-state index >= 15 is 0 Å². The Balaban J connectivity index is 1.46. The number of carbonyl (C=O) groups is 1. The lowest BCUT2D eigenvalue weighted by Crippen LogP contribution is -2.51. The van der Waals surface area contributed by atoms with Gasteiger partial charge >= 0.3 is 0 Å². The van der Waals surface area contributed by atoms with E-state index in [0.29, 0.717) is 6.54 Å². The van der Waals surface area contributed by atoms with E-state index in [9.17, 15) is 4.79 Å². The van der Waals surface area contributed by atoms with Crippen molar-refractivity contribution in [3.05, 3.63) is 35.9 Å². The summed E-state index contributed by atoms with van der Waals surface area (Å²) >= 11 is 0. The van der Waals surface area contributed by atoms with Crippen molar-refractivity contribution in [1.29, 1.82) is 0 Å². The summed E-state index contributed by atoms with van der Waals surface area (Å²) < 4.78 is 0. The summed E-state index contributed by atoms with van der Waals surface area (Å²) in [6, 6.07) is 10.5. The fourth-order valence-electron chi connectivity index (χ4n) is 3.65. The molecule has 2 aliphatic rings. The van der Waals surface area contributed by atoms with Gasteiger partial charge in [-0.2, -0.15) is 0 Å². The molecule has 0 N–H and O–H groups in total.